The zero-order valence-electron chi connectivity index (χ0n) is 16.6. The molecule has 1 fully saturated rings. The summed E-state index contributed by atoms with van der Waals surface area (Å²) in [5.41, 5.74) is 1.22. The summed E-state index contributed by atoms with van der Waals surface area (Å²) in [7, 11) is 0. The van der Waals surface area contributed by atoms with Gasteiger partial charge in [-0.3, -0.25) is 14.9 Å². The molecule has 1 atom stereocenters. The first-order chi connectivity index (χ1) is 14.8. The van der Waals surface area contributed by atoms with Crippen LogP contribution in [0.15, 0.2) is 41.6 Å². The molecule has 0 radical (unpaired) electrons. The number of nitro benzene ring substituents is 1. The Hall–Kier alpha value is -3.24. The Morgan fingerprint density at radius 1 is 1.35 bits per heavy atom. The second-order valence-corrected chi connectivity index (χ2v) is 7.11. The molecule has 2 aromatic rings. The highest BCUT2D eigenvalue weighted by Gasteiger charge is 2.22. The molecular formula is C20H20ClFN4O5. The van der Waals surface area contributed by atoms with E-state index in [0.717, 1.165) is 6.07 Å². The van der Waals surface area contributed by atoms with Gasteiger partial charge in [0, 0.05) is 30.4 Å². The molecule has 1 heterocycles. The molecule has 0 saturated carbocycles. The summed E-state index contributed by atoms with van der Waals surface area (Å²) in [6.45, 7) is 3.64. The van der Waals surface area contributed by atoms with Crippen molar-refractivity contribution in [3.8, 4) is 0 Å². The van der Waals surface area contributed by atoms with E-state index in [0.29, 0.717) is 43.2 Å². The predicted molar refractivity (Wildman–Crippen MR) is 114 cm³/mol. The molecule has 2 aromatic carbocycles. The number of amides is 1. The molecule has 1 unspecified atom stereocenters. The third-order valence-electron chi connectivity index (χ3n) is 4.53. The van der Waals surface area contributed by atoms with E-state index in [1.165, 1.54) is 31.3 Å². The van der Waals surface area contributed by atoms with Crippen molar-refractivity contribution in [1.82, 2.24) is 0 Å². The smallest absolute Gasteiger partial charge is 0.293 e. The van der Waals surface area contributed by atoms with Crippen LogP contribution in [0.25, 0.3) is 0 Å². The van der Waals surface area contributed by atoms with E-state index in [4.69, 9.17) is 21.2 Å². The van der Waals surface area contributed by atoms with E-state index >= 15 is 0 Å². The quantitative estimate of drug-likeness (QED) is 0.392. The van der Waals surface area contributed by atoms with Crippen molar-refractivity contribution in [2.45, 2.75) is 13.0 Å². The van der Waals surface area contributed by atoms with Gasteiger partial charge in [0.25, 0.3) is 11.6 Å². The number of rotatable bonds is 7. The van der Waals surface area contributed by atoms with Crippen LogP contribution in [-0.4, -0.2) is 49.5 Å². The fourth-order valence-electron chi connectivity index (χ4n) is 2.89. The van der Waals surface area contributed by atoms with E-state index in [1.807, 2.05) is 4.90 Å². The predicted octanol–water partition coefficient (Wildman–Crippen LogP) is 3.60. The van der Waals surface area contributed by atoms with Crippen LogP contribution in [0.1, 0.15) is 12.5 Å². The van der Waals surface area contributed by atoms with E-state index in [2.05, 4.69) is 10.5 Å². The molecule has 0 spiro atoms. The highest BCUT2D eigenvalue weighted by molar-refractivity contribution is 6.31. The van der Waals surface area contributed by atoms with Gasteiger partial charge in [0.2, 0.25) is 6.10 Å². The average Bonchev–Trinajstić information content (AvgIpc) is 2.76. The molecular weight excluding hydrogens is 431 g/mol. The SMILES string of the molecule is CC(O/N=C/c1ccc(N2CCOCC2)c([N+](=O)[O-])c1)C(=O)Nc1ccc(F)c(Cl)c1. The normalized spacial score (nSPS) is 15.0. The molecule has 164 valence electrons. The summed E-state index contributed by atoms with van der Waals surface area (Å²) in [6.07, 6.45) is 0.317. The second kappa shape index (κ2) is 10.2. The van der Waals surface area contributed by atoms with Crippen molar-refractivity contribution in [3.63, 3.8) is 0 Å². The molecule has 0 aliphatic carbocycles. The Morgan fingerprint density at radius 2 is 2.10 bits per heavy atom. The molecule has 1 saturated heterocycles. The zero-order valence-corrected chi connectivity index (χ0v) is 17.3. The number of hydrogen-bond donors (Lipinski definition) is 1. The molecule has 31 heavy (non-hydrogen) atoms. The number of carbonyl (C=O) groups excluding carboxylic acids is 1. The first-order valence-corrected chi connectivity index (χ1v) is 9.79. The average molecular weight is 451 g/mol. The lowest BCUT2D eigenvalue weighted by Gasteiger charge is -2.28. The topological polar surface area (TPSA) is 106 Å². The van der Waals surface area contributed by atoms with Crippen LogP contribution < -0.4 is 10.2 Å². The second-order valence-electron chi connectivity index (χ2n) is 6.70. The highest BCUT2D eigenvalue weighted by atomic mass is 35.5. The largest absolute Gasteiger partial charge is 0.383 e. The third-order valence-corrected chi connectivity index (χ3v) is 4.81. The molecule has 3 rings (SSSR count). The van der Waals surface area contributed by atoms with Gasteiger partial charge in [0.1, 0.15) is 11.5 Å². The molecule has 11 heteroatoms. The molecule has 1 aliphatic heterocycles. The van der Waals surface area contributed by atoms with Gasteiger partial charge in [-0.15, -0.1) is 0 Å². The minimum absolute atomic E-state index is 0.0511. The minimum Gasteiger partial charge on any atom is -0.383 e. The Balaban J connectivity index is 1.62. The van der Waals surface area contributed by atoms with Gasteiger partial charge in [0.15, 0.2) is 0 Å². The van der Waals surface area contributed by atoms with E-state index in [1.54, 1.807) is 12.1 Å². The zero-order chi connectivity index (χ0) is 22.4. The van der Waals surface area contributed by atoms with Crippen LogP contribution in [0.5, 0.6) is 0 Å². The number of ether oxygens (including phenoxy) is 1. The number of anilines is 2. The van der Waals surface area contributed by atoms with Crippen molar-refractivity contribution < 1.29 is 23.7 Å². The molecule has 1 N–H and O–H groups in total. The molecule has 9 nitrogen and oxygen atoms in total. The number of oxime groups is 1. The number of nitrogens with one attached hydrogen (secondary N) is 1. The van der Waals surface area contributed by atoms with Crippen molar-refractivity contribution in [2.24, 2.45) is 5.16 Å². The maximum absolute atomic E-state index is 13.2. The maximum Gasteiger partial charge on any atom is 0.293 e. The standard InChI is InChI=1S/C20H20ClFN4O5/c1-13(20(27)24-15-3-4-17(22)16(21)11-15)31-23-12-14-2-5-18(19(10-14)26(28)29)25-6-8-30-9-7-25/h2-5,10-13H,6-9H2,1H3,(H,24,27)/b23-12+. The Kier molecular flexibility index (Phi) is 7.37. The van der Waals surface area contributed by atoms with Gasteiger partial charge in [-0.25, -0.2) is 4.39 Å². The highest BCUT2D eigenvalue weighted by Crippen LogP contribution is 2.29. The van der Waals surface area contributed by atoms with E-state index in [-0.39, 0.29) is 10.7 Å². The lowest BCUT2D eigenvalue weighted by molar-refractivity contribution is -0.384. The van der Waals surface area contributed by atoms with Crippen LogP contribution >= 0.6 is 11.6 Å². The lowest BCUT2D eigenvalue weighted by atomic mass is 10.1. The van der Waals surface area contributed by atoms with E-state index in [9.17, 15) is 19.3 Å². The summed E-state index contributed by atoms with van der Waals surface area (Å²) in [5.74, 6) is -1.12. The van der Waals surface area contributed by atoms with Gasteiger partial charge < -0.3 is 19.8 Å². The van der Waals surface area contributed by atoms with Crippen LogP contribution in [0.2, 0.25) is 5.02 Å². The van der Waals surface area contributed by atoms with Gasteiger partial charge in [-0.2, -0.15) is 0 Å². The van der Waals surface area contributed by atoms with Crippen molar-refractivity contribution in [3.05, 3.63) is 62.9 Å². The summed E-state index contributed by atoms with van der Waals surface area (Å²) >= 11 is 5.69. The number of carbonyl (C=O) groups is 1. The van der Waals surface area contributed by atoms with Gasteiger partial charge in [-0.1, -0.05) is 22.8 Å². The number of halogens is 2. The van der Waals surface area contributed by atoms with Crippen LogP contribution in [0.3, 0.4) is 0 Å². The summed E-state index contributed by atoms with van der Waals surface area (Å²) in [6, 6.07) is 8.50. The third kappa shape index (κ3) is 5.89. The number of nitrogens with zero attached hydrogens (tertiary/aromatic N) is 3. The fraction of sp³-hybridized carbons (Fsp3) is 0.300. The Morgan fingerprint density at radius 3 is 2.77 bits per heavy atom. The number of hydrogen-bond acceptors (Lipinski definition) is 7. The van der Waals surface area contributed by atoms with Crippen molar-refractivity contribution >= 4 is 40.8 Å². The molecule has 0 aromatic heterocycles. The summed E-state index contributed by atoms with van der Waals surface area (Å²) in [4.78, 5) is 30.2. The van der Waals surface area contributed by atoms with Crippen molar-refractivity contribution in [1.29, 1.82) is 0 Å². The first-order valence-electron chi connectivity index (χ1n) is 9.41. The van der Waals surface area contributed by atoms with Crippen LogP contribution in [0.4, 0.5) is 21.5 Å². The Bertz CT molecular complexity index is 998. The number of nitro groups is 1. The van der Waals surface area contributed by atoms with Gasteiger partial charge in [0.05, 0.1) is 29.4 Å². The first kappa shape index (κ1) is 22.4. The summed E-state index contributed by atoms with van der Waals surface area (Å²) < 4.78 is 18.5. The summed E-state index contributed by atoms with van der Waals surface area (Å²) in [5, 5.41) is 17.7. The minimum atomic E-state index is -0.970. The van der Waals surface area contributed by atoms with Crippen molar-refractivity contribution in [2.75, 3.05) is 36.5 Å². The Labute approximate surface area is 182 Å². The maximum atomic E-state index is 13.2. The monoisotopic (exact) mass is 450 g/mol. The van der Waals surface area contributed by atoms with Gasteiger partial charge >= 0.3 is 0 Å². The van der Waals surface area contributed by atoms with E-state index < -0.39 is 22.8 Å². The lowest BCUT2D eigenvalue weighted by Crippen LogP contribution is -2.36. The fourth-order valence-corrected chi connectivity index (χ4v) is 3.07. The number of benzene rings is 2. The number of morpholine rings is 1. The molecule has 1 aliphatic rings. The molecule has 1 amide bonds. The van der Waals surface area contributed by atoms with Crippen LogP contribution in [0, 0.1) is 15.9 Å². The van der Waals surface area contributed by atoms with Crippen LogP contribution in [-0.2, 0) is 14.4 Å². The van der Waals surface area contributed by atoms with Gasteiger partial charge in [-0.05, 0) is 31.2 Å². The molecule has 0 bridgehead atoms.